The molecule has 2 aromatic heterocycles. The Morgan fingerprint density at radius 3 is 2.50 bits per heavy atom. The number of hydrogen-bond acceptors (Lipinski definition) is 4. The largest absolute Gasteiger partial charge is 0.347 e. The van der Waals surface area contributed by atoms with E-state index in [9.17, 15) is 13.2 Å². The van der Waals surface area contributed by atoms with Crippen LogP contribution in [0.4, 0.5) is 5.82 Å². The third kappa shape index (κ3) is 2.67. The highest BCUT2D eigenvalue weighted by Crippen LogP contribution is 2.29. The molecule has 0 aliphatic carbocycles. The molecule has 0 unspecified atom stereocenters. The average molecular weight is 343 g/mol. The van der Waals surface area contributed by atoms with Gasteiger partial charge in [0.15, 0.2) is 5.78 Å². The summed E-state index contributed by atoms with van der Waals surface area (Å²) < 4.78 is 30.0. The molecular formula is C17H17N3O3S. The summed E-state index contributed by atoms with van der Waals surface area (Å²) in [6.45, 7) is 3.20. The molecule has 3 rings (SSSR count). The molecule has 0 atom stereocenters. The number of nitrogens with zero attached hydrogens (tertiary/aromatic N) is 2. The van der Waals surface area contributed by atoms with Gasteiger partial charge in [0.1, 0.15) is 10.7 Å². The van der Waals surface area contributed by atoms with Gasteiger partial charge in [-0.3, -0.25) is 9.52 Å². The van der Waals surface area contributed by atoms with Crippen molar-refractivity contribution in [2.75, 3.05) is 4.72 Å². The van der Waals surface area contributed by atoms with Gasteiger partial charge >= 0.3 is 0 Å². The molecule has 0 aliphatic rings. The smallest absolute Gasteiger partial charge is 0.265 e. The molecule has 24 heavy (non-hydrogen) atoms. The summed E-state index contributed by atoms with van der Waals surface area (Å²) in [5.74, 6) is 0.0501. The van der Waals surface area contributed by atoms with Gasteiger partial charge in [-0.25, -0.2) is 13.4 Å². The summed E-state index contributed by atoms with van der Waals surface area (Å²) in [5.41, 5.74) is 1.92. The number of aromatic nitrogens is 2. The number of fused-ring (bicyclic) bond motifs is 1. The van der Waals surface area contributed by atoms with E-state index in [1.54, 1.807) is 25.1 Å². The maximum absolute atomic E-state index is 12.8. The zero-order valence-corrected chi connectivity index (χ0v) is 14.4. The molecule has 0 saturated heterocycles. The third-order valence-electron chi connectivity index (χ3n) is 4.02. The Labute approximate surface area is 140 Å². The van der Waals surface area contributed by atoms with Crippen LogP contribution >= 0.6 is 0 Å². The van der Waals surface area contributed by atoms with Crippen LogP contribution in [0.5, 0.6) is 0 Å². The quantitative estimate of drug-likeness (QED) is 0.739. The monoisotopic (exact) mass is 343 g/mol. The zero-order valence-electron chi connectivity index (χ0n) is 13.6. The summed E-state index contributed by atoms with van der Waals surface area (Å²) in [6.07, 6.45) is 1.36. The van der Waals surface area contributed by atoms with Gasteiger partial charge < -0.3 is 4.57 Å². The summed E-state index contributed by atoms with van der Waals surface area (Å²) in [5, 5.41) is 0.658. The highest BCUT2D eigenvalue weighted by atomic mass is 32.2. The van der Waals surface area contributed by atoms with E-state index in [2.05, 4.69) is 9.71 Å². The summed E-state index contributed by atoms with van der Waals surface area (Å²) in [6, 6.07) is 10.4. The minimum Gasteiger partial charge on any atom is -0.347 e. The van der Waals surface area contributed by atoms with Crippen LogP contribution in [0.15, 0.2) is 47.5 Å². The summed E-state index contributed by atoms with van der Waals surface area (Å²) >= 11 is 0. The first-order chi connectivity index (χ1) is 11.3. The van der Waals surface area contributed by atoms with Gasteiger partial charge in [-0.15, -0.1) is 0 Å². The second-order valence-corrected chi connectivity index (χ2v) is 7.20. The lowest BCUT2D eigenvalue weighted by Crippen LogP contribution is -2.15. The Hall–Kier alpha value is -2.67. The Kier molecular flexibility index (Phi) is 3.88. The molecule has 0 fully saturated rings. The van der Waals surface area contributed by atoms with Gasteiger partial charge in [-0.1, -0.05) is 18.2 Å². The number of hydrogen-bond donors (Lipinski definition) is 1. The molecule has 0 bridgehead atoms. The zero-order chi connectivity index (χ0) is 17.5. The van der Waals surface area contributed by atoms with Crippen molar-refractivity contribution in [3.05, 3.63) is 53.9 Å². The van der Waals surface area contributed by atoms with E-state index in [0.717, 1.165) is 5.52 Å². The van der Waals surface area contributed by atoms with E-state index in [0.29, 0.717) is 16.6 Å². The van der Waals surface area contributed by atoms with Crippen LogP contribution in [0.25, 0.3) is 10.9 Å². The van der Waals surface area contributed by atoms with Crippen molar-refractivity contribution >= 4 is 32.5 Å². The number of ketones is 1. The first kappa shape index (κ1) is 16.2. The van der Waals surface area contributed by atoms with Crippen molar-refractivity contribution < 1.29 is 13.2 Å². The molecule has 0 spiro atoms. The Morgan fingerprint density at radius 2 is 1.88 bits per heavy atom. The lowest BCUT2D eigenvalue weighted by Gasteiger charge is -2.08. The number of sulfonamides is 1. The summed E-state index contributed by atoms with van der Waals surface area (Å²) in [4.78, 5) is 15.5. The number of carbonyl (C=O) groups is 1. The first-order valence-electron chi connectivity index (χ1n) is 7.35. The maximum atomic E-state index is 12.8. The molecule has 1 N–H and O–H groups in total. The number of Topliss-reactive ketones (excluding diaryl/α,β-unsaturated/α-hetero) is 1. The SMILES string of the molecule is CC(=O)c1ccc(NS(=O)(=O)c2c(C)n(C)c3ccccc23)nc1. The van der Waals surface area contributed by atoms with Crippen LogP contribution < -0.4 is 4.72 Å². The molecule has 3 aromatic rings. The molecule has 0 radical (unpaired) electrons. The minimum absolute atomic E-state index is 0.123. The van der Waals surface area contributed by atoms with Crippen LogP contribution in [-0.2, 0) is 17.1 Å². The van der Waals surface area contributed by atoms with Gasteiger partial charge in [0.25, 0.3) is 10.0 Å². The normalized spacial score (nSPS) is 11.6. The lowest BCUT2D eigenvalue weighted by molar-refractivity contribution is 0.101. The van der Waals surface area contributed by atoms with Gasteiger partial charge in [-0.2, -0.15) is 0 Å². The average Bonchev–Trinajstić information content (AvgIpc) is 2.80. The fourth-order valence-corrected chi connectivity index (χ4v) is 4.16. The fraction of sp³-hybridized carbons (Fsp3) is 0.176. The highest BCUT2D eigenvalue weighted by Gasteiger charge is 2.24. The number of anilines is 1. The van der Waals surface area contributed by atoms with Gasteiger partial charge in [0.2, 0.25) is 0 Å². The highest BCUT2D eigenvalue weighted by molar-refractivity contribution is 7.93. The molecule has 0 aliphatic heterocycles. The first-order valence-corrected chi connectivity index (χ1v) is 8.83. The standard InChI is InChI=1S/C17H17N3O3S/c1-11-17(14-6-4-5-7-15(14)20(11)3)24(22,23)19-16-9-8-13(10-18-16)12(2)21/h4-10H,1-3H3,(H,18,19). The van der Waals surface area contributed by atoms with E-state index in [1.165, 1.54) is 19.2 Å². The number of rotatable bonds is 4. The molecular weight excluding hydrogens is 326 g/mol. The maximum Gasteiger partial charge on any atom is 0.265 e. The molecule has 0 saturated carbocycles. The van der Waals surface area contributed by atoms with Crippen molar-refractivity contribution in [1.82, 2.24) is 9.55 Å². The van der Waals surface area contributed by atoms with Gasteiger partial charge in [0.05, 0.1) is 0 Å². The topological polar surface area (TPSA) is 81.1 Å². The molecule has 2 heterocycles. The van der Waals surface area contributed by atoms with E-state index in [4.69, 9.17) is 0 Å². The number of benzene rings is 1. The van der Waals surface area contributed by atoms with E-state index in [-0.39, 0.29) is 16.5 Å². The fourth-order valence-electron chi connectivity index (χ4n) is 2.68. The molecule has 6 nitrogen and oxygen atoms in total. The number of aryl methyl sites for hydroxylation is 1. The molecule has 7 heteroatoms. The number of nitrogens with one attached hydrogen (secondary N) is 1. The van der Waals surface area contributed by atoms with Crippen molar-refractivity contribution in [3.63, 3.8) is 0 Å². The van der Waals surface area contributed by atoms with Crippen molar-refractivity contribution in [2.45, 2.75) is 18.7 Å². The van der Waals surface area contributed by atoms with Crippen LogP contribution in [0, 0.1) is 6.92 Å². The van der Waals surface area contributed by atoms with Gasteiger partial charge in [0, 0.05) is 35.4 Å². The van der Waals surface area contributed by atoms with Crippen LogP contribution in [0.2, 0.25) is 0 Å². The van der Waals surface area contributed by atoms with E-state index >= 15 is 0 Å². The number of pyridine rings is 1. The summed E-state index contributed by atoms with van der Waals surface area (Å²) in [7, 11) is -1.97. The molecule has 124 valence electrons. The minimum atomic E-state index is -3.80. The Morgan fingerprint density at radius 1 is 1.17 bits per heavy atom. The second-order valence-electron chi connectivity index (χ2n) is 5.58. The van der Waals surface area contributed by atoms with Crippen LogP contribution in [0.1, 0.15) is 23.0 Å². The predicted octanol–water partition coefficient (Wildman–Crippen LogP) is 2.89. The Bertz CT molecular complexity index is 1030. The van der Waals surface area contributed by atoms with Crippen molar-refractivity contribution in [2.24, 2.45) is 7.05 Å². The molecule has 1 aromatic carbocycles. The van der Waals surface area contributed by atoms with E-state index < -0.39 is 10.0 Å². The lowest BCUT2D eigenvalue weighted by atomic mass is 10.2. The number of carbonyl (C=O) groups excluding carboxylic acids is 1. The third-order valence-corrected chi connectivity index (χ3v) is 5.55. The second kappa shape index (κ2) is 5.76. The predicted molar refractivity (Wildman–Crippen MR) is 92.7 cm³/mol. The van der Waals surface area contributed by atoms with E-state index in [1.807, 2.05) is 23.7 Å². The Balaban J connectivity index is 2.05. The molecule has 0 amide bonds. The van der Waals surface area contributed by atoms with Crippen LogP contribution in [-0.4, -0.2) is 23.8 Å². The van der Waals surface area contributed by atoms with Crippen LogP contribution in [0.3, 0.4) is 0 Å². The van der Waals surface area contributed by atoms with Crippen molar-refractivity contribution in [3.8, 4) is 0 Å². The van der Waals surface area contributed by atoms with Gasteiger partial charge in [-0.05, 0) is 32.0 Å². The van der Waals surface area contributed by atoms with Crippen molar-refractivity contribution in [1.29, 1.82) is 0 Å². The number of para-hydroxylation sites is 1.